The van der Waals surface area contributed by atoms with Crippen LogP contribution in [0.15, 0.2) is 4.99 Å². The molecule has 5 nitrogen and oxygen atoms in total. The van der Waals surface area contributed by atoms with Gasteiger partial charge in [-0.3, -0.25) is 4.99 Å². The number of carbonyl (C=O) groups is 1. The minimum Gasteiger partial charge on any atom is -0.450 e. The van der Waals surface area contributed by atoms with Crippen molar-refractivity contribution in [3.63, 3.8) is 0 Å². The summed E-state index contributed by atoms with van der Waals surface area (Å²) in [7, 11) is 3.40. The third-order valence-corrected chi connectivity index (χ3v) is 1.23. The summed E-state index contributed by atoms with van der Waals surface area (Å²) in [6, 6.07) is 0. The maximum absolute atomic E-state index is 10.8. The van der Waals surface area contributed by atoms with Gasteiger partial charge in [-0.1, -0.05) is 0 Å². The Balaban J connectivity index is 3.59. The smallest absolute Gasteiger partial charge is 0.407 e. The van der Waals surface area contributed by atoms with Crippen LogP contribution in [0.2, 0.25) is 0 Å². The molecule has 2 N–H and O–H groups in total. The molecule has 0 heterocycles. The summed E-state index contributed by atoms with van der Waals surface area (Å²) in [6.45, 7) is 2.50. The average Bonchev–Trinajstić information content (AvgIpc) is 2.07. The Morgan fingerprint density at radius 1 is 1.58 bits per heavy atom. The number of hydrogen-bond donors (Lipinski definition) is 2. The fourth-order valence-electron chi connectivity index (χ4n) is 0.617. The fraction of sp³-hybridized carbons (Fsp3) is 0.714. The van der Waals surface area contributed by atoms with Crippen LogP contribution in [0, 0.1) is 0 Å². The molecule has 70 valence electrons. The molecule has 0 aliphatic rings. The first kappa shape index (κ1) is 10.7. The van der Waals surface area contributed by atoms with E-state index in [2.05, 4.69) is 20.4 Å². The number of amidine groups is 1. The van der Waals surface area contributed by atoms with Crippen molar-refractivity contribution in [2.24, 2.45) is 4.99 Å². The van der Waals surface area contributed by atoms with Crippen molar-refractivity contribution < 1.29 is 9.53 Å². The van der Waals surface area contributed by atoms with Crippen LogP contribution < -0.4 is 10.6 Å². The van der Waals surface area contributed by atoms with Crippen LogP contribution in [0.5, 0.6) is 0 Å². The van der Waals surface area contributed by atoms with Crippen molar-refractivity contribution >= 4 is 11.9 Å². The molecule has 0 aromatic heterocycles. The number of carbonyl (C=O) groups excluding carboxylic acids is 1. The lowest BCUT2D eigenvalue weighted by molar-refractivity contribution is 0.153. The Labute approximate surface area is 72.2 Å². The third kappa shape index (κ3) is 4.54. The first-order valence-corrected chi connectivity index (χ1v) is 3.78. The number of hydrogen-bond acceptors (Lipinski definition) is 3. The van der Waals surface area contributed by atoms with Crippen LogP contribution in [-0.4, -0.2) is 39.2 Å². The van der Waals surface area contributed by atoms with E-state index in [0.717, 1.165) is 0 Å². The van der Waals surface area contributed by atoms with Crippen LogP contribution in [0.25, 0.3) is 0 Å². The molecule has 0 radical (unpaired) electrons. The van der Waals surface area contributed by atoms with E-state index in [4.69, 9.17) is 0 Å². The van der Waals surface area contributed by atoms with Gasteiger partial charge in [0.25, 0.3) is 0 Å². The zero-order valence-electron chi connectivity index (χ0n) is 7.68. The molecule has 0 bridgehead atoms. The minimum atomic E-state index is -0.422. The van der Waals surface area contributed by atoms with E-state index in [0.29, 0.717) is 19.0 Å². The molecule has 0 atom stereocenters. The fourth-order valence-corrected chi connectivity index (χ4v) is 0.617. The Morgan fingerprint density at radius 3 is 2.67 bits per heavy atom. The lowest BCUT2D eigenvalue weighted by atomic mass is 10.5. The molecule has 0 saturated heterocycles. The molecular formula is C7H15N3O2. The van der Waals surface area contributed by atoms with Crippen LogP contribution in [0.3, 0.4) is 0 Å². The van der Waals surface area contributed by atoms with E-state index < -0.39 is 6.09 Å². The maximum atomic E-state index is 10.8. The van der Waals surface area contributed by atoms with E-state index >= 15 is 0 Å². The van der Waals surface area contributed by atoms with Gasteiger partial charge in [0.05, 0.1) is 13.2 Å². The van der Waals surface area contributed by atoms with Gasteiger partial charge < -0.3 is 15.4 Å². The van der Waals surface area contributed by atoms with Gasteiger partial charge in [0.15, 0.2) is 0 Å². The van der Waals surface area contributed by atoms with E-state index in [9.17, 15) is 4.79 Å². The number of aliphatic imine (C=N–C) groups is 1. The molecule has 1 amide bonds. The molecule has 0 rings (SSSR count). The van der Waals surface area contributed by atoms with Crippen LogP contribution in [0.4, 0.5) is 4.79 Å². The van der Waals surface area contributed by atoms with Gasteiger partial charge >= 0.3 is 6.09 Å². The van der Waals surface area contributed by atoms with Gasteiger partial charge in [0, 0.05) is 14.1 Å². The highest BCUT2D eigenvalue weighted by Gasteiger charge is 2.00. The van der Waals surface area contributed by atoms with Gasteiger partial charge in [-0.2, -0.15) is 0 Å². The number of likely N-dealkylation sites (N-methyl/N-ethyl adjacent to an activating group) is 1. The average molecular weight is 173 g/mol. The van der Waals surface area contributed by atoms with Crippen molar-refractivity contribution in [3.8, 4) is 0 Å². The highest BCUT2D eigenvalue weighted by molar-refractivity contribution is 5.86. The third-order valence-electron chi connectivity index (χ3n) is 1.23. The number of ether oxygens (including phenoxy) is 1. The van der Waals surface area contributed by atoms with Crippen molar-refractivity contribution in [3.05, 3.63) is 0 Å². The maximum Gasteiger partial charge on any atom is 0.407 e. The lowest BCUT2D eigenvalue weighted by Crippen LogP contribution is -2.35. The molecule has 0 saturated carbocycles. The van der Waals surface area contributed by atoms with Gasteiger partial charge in [-0.15, -0.1) is 0 Å². The highest BCUT2D eigenvalue weighted by atomic mass is 16.5. The second-order valence-corrected chi connectivity index (χ2v) is 1.99. The van der Waals surface area contributed by atoms with Crippen LogP contribution in [0.1, 0.15) is 6.92 Å². The molecule has 5 heteroatoms. The van der Waals surface area contributed by atoms with Gasteiger partial charge in [-0.05, 0) is 6.92 Å². The summed E-state index contributed by atoms with van der Waals surface area (Å²) in [6.07, 6.45) is -0.422. The molecule has 0 fully saturated rings. The second-order valence-electron chi connectivity index (χ2n) is 1.99. The number of rotatable bonds is 3. The summed E-state index contributed by atoms with van der Waals surface area (Å²) >= 11 is 0. The minimum absolute atomic E-state index is 0.367. The Bertz CT molecular complexity index is 168. The number of amides is 1. The highest BCUT2D eigenvalue weighted by Crippen LogP contribution is 1.76. The Hall–Kier alpha value is -1.26. The SMILES string of the molecule is CCOC(=O)NCC(=NC)NC. The standard InChI is InChI=1S/C7H15N3O2/c1-4-12-7(11)10-5-6(8-2)9-3/h4-5H2,1-3H3,(H,8,9)(H,10,11). The molecule has 0 spiro atoms. The molecular weight excluding hydrogens is 158 g/mol. The normalized spacial score (nSPS) is 10.8. The Kier molecular flexibility index (Phi) is 5.77. The number of nitrogens with zero attached hydrogens (tertiary/aromatic N) is 1. The van der Waals surface area contributed by atoms with Gasteiger partial charge in [0.2, 0.25) is 0 Å². The van der Waals surface area contributed by atoms with Crippen molar-refractivity contribution in [1.82, 2.24) is 10.6 Å². The van der Waals surface area contributed by atoms with E-state index in [-0.39, 0.29) is 0 Å². The van der Waals surface area contributed by atoms with E-state index in [1.54, 1.807) is 21.0 Å². The molecule has 12 heavy (non-hydrogen) atoms. The monoisotopic (exact) mass is 173 g/mol. The molecule has 0 aliphatic heterocycles. The Morgan fingerprint density at radius 2 is 2.25 bits per heavy atom. The van der Waals surface area contributed by atoms with Gasteiger partial charge in [0.1, 0.15) is 5.84 Å². The molecule has 0 aromatic rings. The number of alkyl carbamates (subject to hydrolysis) is 1. The predicted molar refractivity (Wildman–Crippen MR) is 47.4 cm³/mol. The summed E-state index contributed by atoms with van der Waals surface area (Å²) in [5.74, 6) is 0.711. The zero-order chi connectivity index (χ0) is 9.40. The van der Waals surface area contributed by atoms with E-state index in [1.165, 1.54) is 0 Å². The van der Waals surface area contributed by atoms with Crippen molar-refractivity contribution in [2.75, 3.05) is 27.2 Å². The molecule has 0 aromatic carbocycles. The zero-order valence-corrected chi connectivity index (χ0v) is 7.68. The van der Waals surface area contributed by atoms with Gasteiger partial charge in [-0.25, -0.2) is 4.79 Å². The summed E-state index contributed by atoms with van der Waals surface area (Å²) in [5.41, 5.74) is 0. The largest absolute Gasteiger partial charge is 0.450 e. The molecule has 0 aliphatic carbocycles. The second kappa shape index (κ2) is 6.45. The number of nitrogens with one attached hydrogen (secondary N) is 2. The van der Waals surface area contributed by atoms with Crippen molar-refractivity contribution in [1.29, 1.82) is 0 Å². The van der Waals surface area contributed by atoms with Crippen LogP contribution >= 0.6 is 0 Å². The summed E-state index contributed by atoms with van der Waals surface area (Å²) in [5, 5.41) is 5.36. The first-order chi connectivity index (χ1) is 5.74. The van der Waals surface area contributed by atoms with Crippen LogP contribution in [-0.2, 0) is 4.74 Å². The lowest BCUT2D eigenvalue weighted by Gasteiger charge is -2.06. The quantitative estimate of drug-likeness (QED) is 0.465. The van der Waals surface area contributed by atoms with Crippen molar-refractivity contribution in [2.45, 2.75) is 6.92 Å². The topological polar surface area (TPSA) is 62.7 Å². The predicted octanol–water partition coefficient (Wildman–Crippen LogP) is -0.0198. The van der Waals surface area contributed by atoms with E-state index in [1.807, 2.05) is 0 Å². The summed E-state index contributed by atoms with van der Waals surface area (Å²) < 4.78 is 4.65. The summed E-state index contributed by atoms with van der Waals surface area (Å²) in [4.78, 5) is 14.6. The first-order valence-electron chi connectivity index (χ1n) is 3.78. The molecule has 0 unspecified atom stereocenters.